The minimum Gasteiger partial charge on any atom is -0.347 e. The third-order valence-corrected chi connectivity index (χ3v) is 4.77. The normalized spacial score (nSPS) is 15.1. The number of nitrogens with one attached hydrogen (secondary N) is 1. The lowest BCUT2D eigenvalue weighted by Gasteiger charge is -2.43. The number of rotatable bonds is 5. The Morgan fingerprint density at radius 3 is 2.58 bits per heavy atom. The molecule has 0 atom stereocenters. The lowest BCUT2D eigenvalue weighted by atomic mass is 9.84. The van der Waals surface area contributed by atoms with Gasteiger partial charge >= 0.3 is 5.69 Å². The van der Waals surface area contributed by atoms with E-state index in [1.165, 1.54) is 11.8 Å². The predicted octanol–water partition coefficient (Wildman–Crippen LogP) is 3.85. The predicted molar refractivity (Wildman–Crippen MR) is 101 cm³/mol. The zero-order chi connectivity index (χ0) is 18.9. The Morgan fingerprint density at radius 1 is 1.38 bits per heavy atom. The standard InChI is InChI=1S/C16H15ClN6O2S/c1-16(7-18)8-22(9-16)14-12(23(24)25)13(20-15(21-14)26-2)19-11-5-3-10(17)4-6-11/h3-6H,8-9H2,1-2H3,(H,19,20,21). The van der Waals surface area contributed by atoms with Crippen molar-refractivity contribution >= 4 is 46.4 Å². The highest BCUT2D eigenvalue weighted by atomic mass is 35.5. The van der Waals surface area contributed by atoms with Crippen LogP contribution in [0.1, 0.15) is 6.92 Å². The van der Waals surface area contributed by atoms with Gasteiger partial charge in [-0.15, -0.1) is 0 Å². The van der Waals surface area contributed by atoms with E-state index in [1.807, 2.05) is 6.92 Å². The van der Waals surface area contributed by atoms with Crippen LogP contribution in [0.5, 0.6) is 0 Å². The molecule has 1 saturated heterocycles. The van der Waals surface area contributed by atoms with Gasteiger partial charge in [0.25, 0.3) is 0 Å². The van der Waals surface area contributed by atoms with E-state index in [2.05, 4.69) is 21.4 Å². The maximum atomic E-state index is 11.7. The van der Waals surface area contributed by atoms with Crippen molar-refractivity contribution < 1.29 is 4.92 Å². The molecule has 1 N–H and O–H groups in total. The molecule has 3 rings (SSSR count). The summed E-state index contributed by atoms with van der Waals surface area (Å²) in [5.74, 6) is 0.329. The summed E-state index contributed by atoms with van der Waals surface area (Å²) in [4.78, 5) is 21.5. The molecule has 1 aromatic carbocycles. The van der Waals surface area contributed by atoms with Gasteiger partial charge < -0.3 is 10.2 Å². The highest BCUT2D eigenvalue weighted by Crippen LogP contribution is 2.41. The Labute approximate surface area is 159 Å². The van der Waals surface area contributed by atoms with Gasteiger partial charge in [-0.2, -0.15) is 15.2 Å². The number of nitrogens with zero attached hydrogens (tertiary/aromatic N) is 5. The van der Waals surface area contributed by atoms with Crippen LogP contribution in [0.25, 0.3) is 0 Å². The second kappa shape index (κ2) is 6.97. The van der Waals surface area contributed by atoms with Crippen LogP contribution < -0.4 is 10.2 Å². The van der Waals surface area contributed by atoms with Gasteiger partial charge in [0.15, 0.2) is 5.16 Å². The fourth-order valence-electron chi connectivity index (χ4n) is 2.68. The SMILES string of the molecule is CSc1nc(Nc2ccc(Cl)cc2)c([N+](=O)[O-])c(N2CC(C)(C#N)C2)n1. The second-order valence-corrected chi connectivity index (χ2v) is 7.36. The molecule has 0 spiro atoms. The summed E-state index contributed by atoms with van der Waals surface area (Å²) in [5.41, 5.74) is -0.111. The van der Waals surface area contributed by atoms with Crippen molar-refractivity contribution in [3.05, 3.63) is 39.4 Å². The van der Waals surface area contributed by atoms with Crippen molar-refractivity contribution in [2.24, 2.45) is 5.41 Å². The first-order chi connectivity index (χ1) is 12.3. The van der Waals surface area contributed by atoms with E-state index in [9.17, 15) is 15.4 Å². The van der Waals surface area contributed by atoms with E-state index in [4.69, 9.17) is 11.6 Å². The summed E-state index contributed by atoms with van der Waals surface area (Å²) in [6, 6.07) is 9.01. The largest absolute Gasteiger partial charge is 0.353 e. The minimum atomic E-state index is -0.526. The molecule has 0 radical (unpaired) electrons. The molecule has 134 valence electrons. The van der Waals surface area contributed by atoms with Crippen molar-refractivity contribution in [1.82, 2.24) is 9.97 Å². The Kier molecular flexibility index (Phi) is 4.89. The van der Waals surface area contributed by atoms with Crippen molar-refractivity contribution in [3.63, 3.8) is 0 Å². The summed E-state index contributed by atoms with van der Waals surface area (Å²) < 4.78 is 0. The summed E-state index contributed by atoms with van der Waals surface area (Å²) in [7, 11) is 0. The summed E-state index contributed by atoms with van der Waals surface area (Å²) in [5, 5.41) is 24.9. The van der Waals surface area contributed by atoms with Crippen LogP contribution in [0.2, 0.25) is 5.02 Å². The molecular formula is C16H15ClN6O2S. The first kappa shape index (κ1) is 18.2. The highest BCUT2D eigenvalue weighted by Gasteiger charge is 2.43. The minimum absolute atomic E-state index is 0.109. The monoisotopic (exact) mass is 390 g/mol. The van der Waals surface area contributed by atoms with E-state index in [-0.39, 0.29) is 17.3 Å². The number of nitro groups is 1. The molecule has 1 aliphatic rings. The van der Waals surface area contributed by atoms with Gasteiger partial charge in [0.1, 0.15) is 0 Å². The van der Waals surface area contributed by atoms with Crippen molar-refractivity contribution in [2.75, 3.05) is 29.6 Å². The molecule has 26 heavy (non-hydrogen) atoms. The van der Waals surface area contributed by atoms with Gasteiger partial charge in [0.05, 0.1) is 16.4 Å². The summed E-state index contributed by atoms with van der Waals surface area (Å²) >= 11 is 7.17. The number of hydrogen-bond donors (Lipinski definition) is 1. The smallest absolute Gasteiger partial charge is 0.347 e. The van der Waals surface area contributed by atoms with Gasteiger partial charge in [-0.3, -0.25) is 10.1 Å². The molecule has 0 amide bonds. The zero-order valence-corrected chi connectivity index (χ0v) is 15.6. The number of benzene rings is 1. The number of thioether (sulfide) groups is 1. The third-order valence-electron chi connectivity index (χ3n) is 3.97. The Morgan fingerprint density at radius 2 is 2.04 bits per heavy atom. The molecule has 0 saturated carbocycles. The fourth-order valence-corrected chi connectivity index (χ4v) is 3.16. The summed E-state index contributed by atoms with van der Waals surface area (Å²) in [6.45, 7) is 2.59. The lowest BCUT2D eigenvalue weighted by molar-refractivity contribution is -0.383. The first-order valence-corrected chi connectivity index (χ1v) is 9.25. The van der Waals surface area contributed by atoms with Crippen LogP contribution in [-0.2, 0) is 0 Å². The summed E-state index contributed by atoms with van der Waals surface area (Å²) in [6.07, 6.45) is 1.80. The quantitative estimate of drug-likeness (QED) is 0.355. The number of aromatic nitrogens is 2. The molecule has 2 heterocycles. The second-order valence-electron chi connectivity index (χ2n) is 6.15. The van der Waals surface area contributed by atoms with Gasteiger partial charge in [-0.05, 0) is 37.4 Å². The first-order valence-electron chi connectivity index (χ1n) is 7.64. The van der Waals surface area contributed by atoms with Gasteiger partial charge in [0.2, 0.25) is 11.6 Å². The van der Waals surface area contributed by atoms with Crippen LogP contribution in [0, 0.1) is 26.9 Å². The molecule has 0 bridgehead atoms. The van der Waals surface area contributed by atoms with Crippen molar-refractivity contribution in [1.29, 1.82) is 5.26 Å². The van der Waals surface area contributed by atoms with Crippen molar-refractivity contribution in [3.8, 4) is 6.07 Å². The Hall–Kier alpha value is -2.57. The molecule has 1 aromatic heterocycles. The molecule has 0 unspecified atom stereocenters. The fraction of sp³-hybridized carbons (Fsp3) is 0.312. The Balaban J connectivity index is 2.03. The number of hydrogen-bond acceptors (Lipinski definition) is 8. The number of nitriles is 1. The van der Waals surface area contributed by atoms with Crippen LogP contribution in [-0.4, -0.2) is 34.2 Å². The Bertz CT molecular complexity index is 893. The highest BCUT2D eigenvalue weighted by molar-refractivity contribution is 7.98. The van der Waals surface area contributed by atoms with Crippen LogP contribution in [0.15, 0.2) is 29.4 Å². The molecule has 0 aliphatic carbocycles. The van der Waals surface area contributed by atoms with Crippen molar-refractivity contribution in [2.45, 2.75) is 12.1 Å². The molecule has 8 nitrogen and oxygen atoms in total. The van der Waals surface area contributed by atoms with Gasteiger partial charge in [-0.25, -0.2) is 0 Å². The average Bonchev–Trinajstić information content (AvgIpc) is 2.60. The molecule has 2 aromatic rings. The average molecular weight is 391 g/mol. The van der Waals surface area contributed by atoms with E-state index < -0.39 is 10.3 Å². The van der Waals surface area contributed by atoms with Gasteiger partial charge in [0, 0.05) is 23.8 Å². The maximum absolute atomic E-state index is 11.7. The number of anilines is 3. The van der Waals surface area contributed by atoms with Crippen LogP contribution in [0.4, 0.5) is 23.0 Å². The van der Waals surface area contributed by atoms with E-state index >= 15 is 0 Å². The molecule has 1 fully saturated rings. The third kappa shape index (κ3) is 3.52. The van der Waals surface area contributed by atoms with E-state index in [0.717, 1.165) is 0 Å². The maximum Gasteiger partial charge on any atom is 0.353 e. The van der Waals surface area contributed by atoms with E-state index in [1.54, 1.807) is 35.4 Å². The van der Waals surface area contributed by atoms with Crippen LogP contribution in [0.3, 0.4) is 0 Å². The van der Waals surface area contributed by atoms with Gasteiger partial charge in [-0.1, -0.05) is 23.4 Å². The molecule has 1 aliphatic heterocycles. The van der Waals surface area contributed by atoms with Crippen LogP contribution >= 0.6 is 23.4 Å². The lowest BCUT2D eigenvalue weighted by Crippen LogP contribution is -2.54. The topological polar surface area (TPSA) is 108 Å². The number of halogens is 1. The molecular weight excluding hydrogens is 376 g/mol. The molecule has 10 heteroatoms. The zero-order valence-electron chi connectivity index (χ0n) is 14.1. The van der Waals surface area contributed by atoms with E-state index in [0.29, 0.717) is 29.0 Å².